The van der Waals surface area contributed by atoms with Crippen LogP contribution in [0, 0.1) is 18.7 Å². The van der Waals surface area contributed by atoms with Crippen LogP contribution in [0.15, 0.2) is 33.7 Å². The second-order valence-electron chi connectivity index (χ2n) is 8.76. The molecule has 178 valence electrons. The summed E-state index contributed by atoms with van der Waals surface area (Å²) in [6.45, 7) is 3.56. The number of benzene rings is 1. The summed E-state index contributed by atoms with van der Waals surface area (Å²) in [6, 6.07) is 6.20. The summed E-state index contributed by atoms with van der Waals surface area (Å²) in [4.78, 5) is 15.0. The van der Waals surface area contributed by atoms with Gasteiger partial charge < -0.3 is 9.42 Å². The molecule has 0 bridgehead atoms. The maximum Gasteiger partial charge on any atom is 0.248 e. The van der Waals surface area contributed by atoms with Gasteiger partial charge in [-0.05, 0) is 50.8 Å². The average molecular weight is 476 g/mol. The standard InChI is InChI=1S/C24H30FN3O4S/c1-18-23(22(32-26-18)13-12-19-9-4-5-11-21(19)25)33(30,31)28-16-8-10-20(17-28)24(29)27-14-6-2-3-7-15-27/h4-5,9,11-13,20H,2-3,6-8,10,14-17H2,1H3/b13-12+. The smallest absolute Gasteiger partial charge is 0.248 e. The normalized spacial score (nSPS) is 20.8. The Morgan fingerprint density at radius 1 is 1.09 bits per heavy atom. The van der Waals surface area contributed by atoms with Gasteiger partial charge in [-0.3, -0.25) is 4.79 Å². The average Bonchev–Trinajstić information content (AvgIpc) is 3.00. The molecule has 2 aliphatic heterocycles. The molecule has 9 heteroatoms. The number of carbonyl (C=O) groups is 1. The van der Waals surface area contributed by atoms with Gasteiger partial charge in [-0.15, -0.1) is 0 Å². The molecule has 0 radical (unpaired) electrons. The van der Waals surface area contributed by atoms with Gasteiger partial charge in [0.2, 0.25) is 15.9 Å². The molecule has 4 rings (SSSR count). The summed E-state index contributed by atoms with van der Waals surface area (Å²) >= 11 is 0. The van der Waals surface area contributed by atoms with Gasteiger partial charge in [0.1, 0.15) is 11.5 Å². The minimum Gasteiger partial charge on any atom is -0.355 e. The number of sulfonamides is 1. The Labute approximate surface area is 194 Å². The van der Waals surface area contributed by atoms with E-state index in [-0.39, 0.29) is 34.7 Å². The van der Waals surface area contributed by atoms with Crippen molar-refractivity contribution in [2.24, 2.45) is 5.92 Å². The number of rotatable bonds is 5. The number of piperidine rings is 1. The second-order valence-corrected chi connectivity index (χ2v) is 10.6. The lowest BCUT2D eigenvalue weighted by atomic mass is 9.98. The summed E-state index contributed by atoms with van der Waals surface area (Å²) in [5, 5.41) is 3.85. The third-order valence-electron chi connectivity index (χ3n) is 6.40. The topological polar surface area (TPSA) is 83.7 Å². The molecule has 1 atom stereocenters. The molecular formula is C24H30FN3O4S. The van der Waals surface area contributed by atoms with Crippen LogP contribution < -0.4 is 0 Å². The van der Waals surface area contributed by atoms with Crippen molar-refractivity contribution >= 4 is 28.1 Å². The summed E-state index contributed by atoms with van der Waals surface area (Å²) in [7, 11) is -3.94. The second kappa shape index (κ2) is 10.2. The number of likely N-dealkylation sites (tertiary alicyclic amines) is 1. The van der Waals surface area contributed by atoms with Crippen LogP contribution in [0.4, 0.5) is 4.39 Å². The Morgan fingerprint density at radius 3 is 2.55 bits per heavy atom. The Morgan fingerprint density at radius 2 is 1.82 bits per heavy atom. The number of hydrogen-bond acceptors (Lipinski definition) is 5. The molecule has 0 N–H and O–H groups in total. The van der Waals surface area contributed by atoms with Crippen LogP contribution in [0.2, 0.25) is 0 Å². The zero-order valence-electron chi connectivity index (χ0n) is 18.9. The highest BCUT2D eigenvalue weighted by Crippen LogP contribution is 2.30. The van der Waals surface area contributed by atoms with Crippen LogP contribution in [0.3, 0.4) is 0 Å². The molecule has 2 saturated heterocycles. The van der Waals surface area contributed by atoms with Crippen LogP contribution >= 0.6 is 0 Å². The minimum absolute atomic E-state index is 0.0297. The van der Waals surface area contributed by atoms with Crippen molar-refractivity contribution in [2.75, 3.05) is 26.2 Å². The van der Waals surface area contributed by atoms with Crippen LogP contribution in [0.25, 0.3) is 12.2 Å². The summed E-state index contributed by atoms with van der Waals surface area (Å²) in [6.07, 6.45) is 8.45. The predicted molar refractivity (Wildman–Crippen MR) is 123 cm³/mol. The fourth-order valence-corrected chi connectivity index (χ4v) is 6.39. The number of aryl methyl sites for hydroxylation is 1. The Balaban J connectivity index is 1.55. The van der Waals surface area contributed by atoms with Gasteiger partial charge >= 0.3 is 0 Å². The summed E-state index contributed by atoms with van der Waals surface area (Å²) in [5.74, 6) is -0.653. The van der Waals surface area contributed by atoms with Gasteiger partial charge in [0.25, 0.3) is 0 Å². The molecule has 2 aromatic rings. The van der Waals surface area contributed by atoms with Crippen molar-refractivity contribution in [3.63, 3.8) is 0 Å². The first-order chi connectivity index (χ1) is 15.9. The van der Waals surface area contributed by atoms with Gasteiger partial charge in [-0.25, -0.2) is 12.8 Å². The first-order valence-electron chi connectivity index (χ1n) is 11.6. The van der Waals surface area contributed by atoms with Crippen molar-refractivity contribution in [3.8, 4) is 0 Å². The number of halogens is 1. The molecule has 2 aliphatic rings. The van der Waals surface area contributed by atoms with Crippen molar-refractivity contribution in [3.05, 3.63) is 47.1 Å². The Kier molecular flexibility index (Phi) is 7.29. The van der Waals surface area contributed by atoms with E-state index in [0.29, 0.717) is 24.9 Å². The molecular weight excluding hydrogens is 445 g/mol. The van der Waals surface area contributed by atoms with Crippen LogP contribution in [-0.2, 0) is 14.8 Å². The van der Waals surface area contributed by atoms with Gasteiger partial charge in [0.15, 0.2) is 10.7 Å². The highest BCUT2D eigenvalue weighted by Gasteiger charge is 2.38. The number of carbonyl (C=O) groups excluding carboxylic acids is 1. The van der Waals surface area contributed by atoms with E-state index in [0.717, 1.165) is 38.8 Å². The lowest BCUT2D eigenvalue weighted by molar-refractivity contribution is -0.136. The zero-order valence-corrected chi connectivity index (χ0v) is 19.7. The van der Waals surface area contributed by atoms with Crippen molar-refractivity contribution in [1.82, 2.24) is 14.4 Å². The minimum atomic E-state index is -3.94. The highest BCUT2D eigenvalue weighted by atomic mass is 32.2. The molecule has 33 heavy (non-hydrogen) atoms. The molecule has 2 fully saturated rings. The number of amides is 1. The molecule has 1 aromatic carbocycles. The highest BCUT2D eigenvalue weighted by molar-refractivity contribution is 7.89. The maximum atomic E-state index is 14.0. The van der Waals surface area contributed by atoms with E-state index in [1.165, 1.54) is 22.5 Å². The molecule has 0 spiro atoms. The Hall–Kier alpha value is -2.52. The van der Waals surface area contributed by atoms with E-state index < -0.39 is 15.8 Å². The molecule has 1 aromatic heterocycles. The van der Waals surface area contributed by atoms with Crippen LogP contribution in [0.5, 0.6) is 0 Å². The van der Waals surface area contributed by atoms with Gasteiger partial charge in [-0.2, -0.15) is 4.31 Å². The van der Waals surface area contributed by atoms with Gasteiger partial charge in [0.05, 0.1) is 5.92 Å². The fourth-order valence-electron chi connectivity index (χ4n) is 4.62. The van der Waals surface area contributed by atoms with E-state index in [4.69, 9.17) is 4.52 Å². The maximum absolute atomic E-state index is 14.0. The first-order valence-corrected chi connectivity index (χ1v) is 13.0. The van der Waals surface area contributed by atoms with E-state index in [1.54, 1.807) is 25.1 Å². The van der Waals surface area contributed by atoms with E-state index in [9.17, 15) is 17.6 Å². The largest absolute Gasteiger partial charge is 0.355 e. The molecule has 3 heterocycles. The first kappa shape index (κ1) is 23.6. The lowest BCUT2D eigenvalue weighted by Crippen LogP contribution is -2.47. The molecule has 7 nitrogen and oxygen atoms in total. The van der Waals surface area contributed by atoms with Crippen LogP contribution in [-0.4, -0.2) is 54.9 Å². The van der Waals surface area contributed by atoms with E-state index in [2.05, 4.69) is 5.16 Å². The Bertz CT molecular complexity index is 1120. The molecule has 0 saturated carbocycles. The number of aromatic nitrogens is 1. The fraction of sp³-hybridized carbons (Fsp3) is 0.500. The summed E-state index contributed by atoms with van der Waals surface area (Å²) < 4.78 is 47.7. The van der Waals surface area contributed by atoms with E-state index >= 15 is 0 Å². The van der Waals surface area contributed by atoms with Gasteiger partial charge in [-0.1, -0.05) is 36.2 Å². The van der Waals surface area contributed by atoms with Crippen LogP contribution in [0.1, 0.15) is 55.5 Å². The summed E-state index contributed by atoms with van der Waals surface area (Å²) in [5.41, 5.74) is 0.556. The van der Waals surface area contributed by atoms with Gasteiger partial charge in [0, 0.05) is 31.7 Å². The zero-order chi connectivity index (χ0) is 23.4. The quantitative estimate of drug-likeness (QED) is 0.650. The lowest BCUT2D eigenvalue weighted by Gasteiger charge is -2.34. The van der Waals surface area contributed by atoms with Crippen molar-refractivity contribution in [1.29, 1.82) is 0 Å². The number of nitrogens with zero attached hydrogens (tertiary/aromatic N) is 3. The molecule has 1 amide bonds. The molecule has 1 unspecified atom stereocenters. The van der Waals surface area contributed by atoms with Crippen molar-refractivity contribution in [2.45, 2.75) is 50.3 Å². The third-order valence-corrected chi connectivity index (χ3v) is 8.43. The molecule has 0 aliphatic carbocycles. The number of hydrogen-bond donors (Lipinski definition) is 0. The monoisotopic (exact) mass is 475 g/mol. The predicted octanol–water partition coefficient (Wildman–Crippen LogP) is 4.10. The van der Waals surface area contributed by atoms with E-state index in [1.807, 2.05) is 4.90 Å². The SMILES string of the molecule is Cc1noc(/C=C/c2ccccc2F)c1S(=O)(=O)N1CCCC(C(=O)N2CCCCCC2)C1. The van der Waals surface area contributed by atoms with Crippen molar-refractivity contribution < 1.29 is 22.1 Å². The third kappa shape index (κ3) is 5.19.